The Hall–Kier alpha value is -1.69. The van der Waals surface area contributed by atoms with Crippen LogP contribution in [-0.4, -0.2) is 28.2 Å². The molecular formula is C10H13N3O3. The lowest BCUT2D eigenvalue weighted by Crippen LogP contribution is -2.19. The van der Waals surface area contributed by atoms with Crippen molar-refractivity contribution in [3.05, 3.63) is 28.6 Å². The average Bonchev–Trinajstić information content (AvgIpc) is 3.07. The highest BCUT2D eigenvalue weighted by atomic mass is 16.6. The van der Waals surface area contributed by atoms with Gasteiger partial charge in [0.1, 0.15) is 11.9 Å². The average molecular weight is 223 g/mol. The summed E-state index contributed by atoms with van der Waals surface area (Å²) in [5.41, 5.74) is 0.355. The molecule has 1 aliphatic rings. The zero-order chi connectivity index (χ0) is 11.6. The number of aliphatic hydroxyl groups excluding tert-OH is 1. The molecule has 1 aromatic rings. The second kappa shape index (κ2) is 4.05. The van der Waals surface area contributed by atoms with E-state index in [1.54, 1.807) is 6.07 Å². The second-order valence-corrected chi connectivity index (χ2v) is 4.16. The monoisotopic (exact) mass is 223 g/mol. The number of hydrogen-bond donors (Lipinski definition) is 2. The smallest absolute Gasteiger partial charge is 0.310 e. The van der Waals surface area contributed by atoms with E-state index in [0.29, 0.717) is 12.2 Å². The number of rotatable bonds is 5. The van der Waals surface area contributed by atoms with E-state index in [-0.39, 0.29) is 17.7 Å². The van der Waals surface area contributed by atoms with Crippen molar-refractivity contribution < 1.29 is 10.0 Å². The lowest BCUT2D eigenvalue weighted by atomic mass is 10.1. The molecule has 0 aliphatic heterocycles. The van der Waals surface area contributed by atoms with Gasteiger partial charge in [0.15, 0.2) is 0 Å². The first-order chi connectivity index (χ1) is 7.67. The van der Waals surface area contributed by atoms with Crippen molar-refractivity contribution in [3.8, 4) is 0 Å². The predicted molar refractivity (Wildman–Crippen MR) is 58.1 cm³/mol. The molecule has 0 saturated heterocycles. The summed E-state index contributed by atoms with van der Waals surface area (Å²) in [5.74, 6) is 0. The molecule has 1 aliphatic carbocycles. The van der Waals surface area contributed by atoms with Crippen LogP contribution in [0.1, 0.15) is 12.8 Å². The summed E-state index contributed by atoms with van der Waals surface area (Å²) in [6, 6.07) is 1.57. The van der Waals surface area contributed by atoms with Crippen molar-refractivity contribution in [2.75, 3.05) is 18.5 Å². The highest BCUT2D eigenvalue weighted by Crippen LogP contribution is 2.45. The fourth-order valence-corrected chi connectivity index (χ4v) is 1.53. The topological polar surface area (TPSA) is 88.3 Å². The standard InChI is InChI=1S/C10H13N3O3/c14-7-10(2-3-10)6-12-8-1-4-11-5-9(8)13(15)16/h1,4-5,14H,2-3,6-7H2,(H,11,12). The molecule has 6 nitrogen and oxygen atoms in total. The molecule has 2 rings (SSSR count). The van der Waals surface area contributed by atoms with Gasteiger partial charge >= 0.3 is 5.69 Å². The molecule has 0 radical (unpaired) electrons. The predicted octanol–water partition coefficient (Wildman–Crippen LogP) is 1.17. The summed E-state index contributed by atoms with van der Waals surface area (Å²) >= 11 is 0. The molecule has 0 aromatic carbocycles. The Labute approximate surface area is 92.5 Å². The molecule has 1 heterocycles. The maximum atomic E-state index is 10.7. The molecule has 1 saturated carbocycles. The Morgan fingerprint density at radius 3 is 2.94 bits per heavy atom. The van der Waals surface area contributed by atoms with Gasteiger partial charge in [-0.15, -0.1) is 0 Å². The maximum Gasteiger partial charge on any atom is 0.310 e. The van der Waals surface area contributed by atoms with E-state index in [0.717, 1.165) is 12.8 Å². The summed E-state index contributed by atoms with van der Waals surface area (Å²) in [6.07, 6.45) is 4.67. The van der Waals surface area contributed by atoms with Crippen LogP contribution >= 0.6 is 0 Å². The van der Waals surface area contributed by atoms with E-state index in [1.807, 2.05) is 0 Å². The summed E-state index contributed by atoms with van der Waals surface area (Å²) in [6.45, 7) is 0.688. The van der Waals surface area contributed by atoms with Crippen molar-refractivity contribution in [3.63, 3.8) is 0 Å². The van der Waals surface area contributed by atoms with E-state index < -0.39 is 4.92 Å². The van der Waals surface area contributed by atoms with Crippen molar-refractivity contribution in [2.45, 2.75) is 12.8 Å². The first-order valence-corrected chi connectivity index (χ1v) is 5.10. The molecule has 86 valence electrons. The van der Waals surface area contributed by atoms with Gasteiger partial charge in [-0.25, -0.2) is 0 Å². The van der Waals surface area contributed by atoms with Gasteiger partial charge in [0.25, 0.3) is 0 Å². The fraction of sp³-hybridized carbons (Fsp3) is 0.500. The quantitative estimate of drug-likeness (QED) is 0.578. The Bertz CT molecular complexity index is 404. The van der Waals surface area contributed by atoms with E-state index in [4.69, 9.17) is 5.11 Å². The number of anilines is 1. The van der Waals surface area contributed by atoms with E-state index >= 15 is 0 Å². The molecule has 0 spiro atoms. The molecular weight excluding hydrogens is 210 g/mol. The van der Waals surface area contributed by atoms with Gasteiger partial charge in [0.05, 0.1) is 11.5 Å². The highest BCUT2D eigenvalue weighted by Gasteiger charge is 2.41. The minimum atomic E-state index is -0.464. The van der Waals surface area contributed by atoms with E-state index in [2.05, 4.69) is 10.3 Å². The minimum Gasteiger partial charge on any atom is -0.396 e. The number of nitro groups is 1. The normalized spacial score (nSPS) is 16.8. The summed E-state index contributed by atoms with van der Waals surface area (Å²) in [5, 5.41) is 22.8. The Morgan fingerprint density at radius 1 is 1.62 bits per heavy atom. The lowest BCUT2D eigenvalue weighted by molar-refractivity contribution is -0.384. The van der Waals surface area contributed by atoms with E-state index in [9.17, 15) is 10.1 Å². The molecule has 1 fully saturated rings. The Morgan fingerprint density at radius 2 is 2.38 bits per heavy atom. The Kier molecular flexibility index (Phi) is 2.74. The Balaban J connectivity index is 2.06. The third-order valence-electron chi connectivity index (χ3n) is 2.94. The largest absolute Gasteiger partial charge is 0.396 e. The van der Waals surface area contributed by atoms with Crippen LogP contribution < -0.4 is 5.32 Å². The van der Waals surface area contributed by atoms with Crippen LogP contribution in [0, 0.1) is 15.5 Å². The fourth-order valence-electron chi connectivity index (χ4n) is 1.53. The minimum absolute atomic E-state index is 0.0313. The molecule has 6 heteroatoms. The van der Waals surface area contributed by atoms with Gasteiger partial charge in [-0.3, -0.25) is 15.1 Å². The molecule has 2 N–H and O–H groups in total. The second-order valence-electron chi connectivity index (χ2n) is 4.16. The maximum absolute atomic E-state index is 10.7. The summed E-state index contributed by atoms with van der Waals surface area (Å²) < 4.78 is 0. The first-order valence-electron chi connectivity index (χ1n) is 5.10. The zero-order valence-corrected chi connectivity index (χ0v) is 8.72. The van der Waals surface area contributed by atoms with Gasteiger partial charge in [-0.2, -0.15) is 0 Å². The van der Waals surface area contributed by atoms with Gasteiger partial charge in [-0.1, -0.05) is 0 Å². The number of pyridine rings is 1. The molecule has 0 unspecified atom stereocenters. The third-order valence-corrected chi connectivity index (χ3v) is 2.94. The first kappa shape index (κ1) is 10.8. The summed E-state index contributed by atoms with van der Waals surface area (Å²) in [7, 11) is 0. The number of nitrogens with one attached hydrogen (secondary N) is 1. The van der Waals surface area contributed by atoms with Gasteiger partial charge < -0.3 is 10.4 Å². The number of hydrogen-bond acceptors (Lipinski definition) is 5. The summed E-state index contributed by atoms with van der Waals surface area (Å²) in [4.78, 5) is 14.0. The molecule has 16 heavy (non-hydrogen) atoms. The van der Waals surface area contributed by atoms with Crippen molar-refractivity contribution in [1.82, 2.24) is 4.98 Å². The molecule has 1 aromatic heterocycles. The van der Waals surface area contributed by atoms with Crippen LogP contribution in [0.15, 0.2) is 18.5 Å². The number of aliphatic hydroxyl groups is 1. The van der Waals surface area contributed by atoms with Crippen LogP contribution in [0.3, 0.4) is 0 Å². The van der Waals surface area contributed by atoms with Crippen molar-refractivity contribution >= 4 is 11.4 Å². The van der Waals surface area contributed by atoms with Crippen LogP contribution in [0.2, 0.25) is 0 Å². The number of nitrogens with zero attached hydrogens (tertiary/aromatic N) is 2. The van der Waals surface area contributed by atoms with Crippen molar-refractivity contribution in [1.29, 1.82) is 0 Å². The molecule has 0 atom stereocenters. The molecule has 0 amide bonds. The zero-order valence-electron chi connectivity index (χ0n) is 8.72. The van der Waals surface area contributed by atoms with Gasteiger partial charge in [0, 0.05) is 18.2 Å². The van der Waals surface area contributed by atoms with E-state index in [1.165, 1.54) is 12.4 Å². The lowest BCUT2D eigenvalue weighted by Gasteiger charge is -2.13. The highest BCUT2D eigenvalue weighted by molar-refractivity contribution is 5.59. The van der Waals surface area contributed by atoms with Crippen LogP contribution in [0.25, 0.3) is 0 Å². The van der Waals surface area contributed by atoms with Crippen LogP contribution in [0.5, 0.6) is 0 Å². The van der Waals surface area contributed by atoms with Gasteiger partial charge in [0.2, 0.25) is 0 Å². The van der Waals surface area contributed by atoms with Crippen LogP contribution in [0.4, 0.5) is 11.4 Å². The molecule has 0 bridgehead atoms. The van der Waals surface area contributed by atoms with Crippen molar-refractivity contribution in [2.24, 2.45) is 5.41 Å². The van der Waals surface area contributed by atoms with Crippen LogP contribution in [-0.2, 0) is 0 Å². The third kappa shape index (κ3) is 2.11. The SMILES string of the molecule is O=[N+]([O-])c1cnccc1NCC1(CO)CC1. The van der Waals surface area contributed by atoms with Gasteiger partial charge in [-0.05, 0) is 18.9 Å². The number of aromatic nitrogens is 1.